The lowest BCUT2D eigenvalue weighted by molar-refractivity contribution is 0.160. The summed E-state index contributed by atoms with van der Waals surface area (Å²) in [6, 6.07) is 0. The van der Waals surface area contributed by atoms with Gasteiger partial charge in [-0.15, -0.1) is 0 Å². The summed E-state index contributed by atoms with van der Waals surface area (Å²) in [5.41, 5.74) is 6.34. The van der Waals surface area contributed by atoms with Crippen molar-refractivity contribution < 1.29 is 0 Å². The summed E-state index contributed by atoms with van der Waals surface area (Å²) in [6.45, 7) is 7.70. The smallest absolute Gasteiger partial charge is 0.00199 e. The zero-order valence-electron chi connectivity index (χ0n) is 9.81. The molecule has 1 aliphatic carbocycles. The SMILES string of the molecule is CCCNCC1(CN)CCC(C)CC1. The van der Waals surface area contributed by atoms with Crippen molar-refractivity contribution >= 4 is 0 Å². The highest BCUT2D eigenvalue weighted by Gasteiger charge is 2.32. The Labute approximate surface area is 88.6 Å². The molecule has 0 aromatic heterocycles. The van der Waals surface area contributed by atoms with Gasteiger partial charge in [0, 0.05) is 6.54 Å². The van der Waals surface area contributed by atoms with E-state index in [1.54, 1.807) is 0 Å². The number of rotatable bonds is 5. The molecule has 1 saturated carbocycles. The fraction of sp³-hybridized carbons (Fsp3) is 1.00. The number of hydrogen-bond acceptors (Lipinski definition) is 2. The molecule has 1 aliphatic rings. The summed E-state index contributed by atoms with van der Waals surface area (Å²) < 4.78 is 0. The molecule has 1 fully saturated rings. The molecule has 0 bridgehead atoms. The molecule has 2 nitrogen and oxygen atoms in total. The van der Waals surface area contributed by atoms with Crippen molar-refractivity contribution in [1.82, 2.24) is 5.32 Å². The van der Waals surface area contributed by atoms with Gasteiger partial charge in [-0.2, -0.15) is 0 Å². The number of nitrogens with one attached hydrogen (secondary N) is 1. The highest BCUT2D eigenvalue weighted by atomic mass is 14.9. The quantitative estimate of drug-likeness (QED) is 0.664. The molecule has 84 valence electrons. The van der Waals surface area contributed by atoms with Crippen LogP contribution in [0.4, 0.5) is 0 Å². The Bertz CT molecular complexity index is 148. The minimum atomic E-state index is 0.418. The van der Waals surface area contributed by atoms with Crippen LogP contribution in [0.25, 0.3) is 0 Å². The van der Waals surface area contributed by atoms with Gasteiger partial charge < -0.3 is 11.1 Å². The normalized spacial score (nSPS) is 33.2. The average molecular weight is 198 g/mol. The first kappa shape index (κ1) is 12.0. The summed E-state index contributed by atoms with van der Waals surface area (Å²) in [5, 5.41) is 3.53. The van der Waals surface area contributed by atoms with Gasteiger partial charge in [-0.05, 0) is 43.7 Å². The standard InChI is InChI=1S/C12H26N2/c1-3-8-14-10-12(9-13)6-4-11(2)5-7-12/h11,14H,3-10,13H2,1-2H3. The van der Waals surface area contributed by atoms with Crippen LogP contribution in [-0.4, -0.2) is 19.6 Å². The maximum atomic E-state index is 5.93. The summed E-state index contributed by atoms with van der Waals surface area (Å²) in [4.78, 5) is 0. The Hall–Kier alpha value is -0.0800. The third kappa shape index (κ3) is 3.25. The van der Waals surface area contributed by atoms with Crippen LogP contribution in [0.3, 0.4) is 0 Å². The minimum Gasteiger partial charge on any atom is -0.330 e. The topological polar surface area (TPSA) is 38.0 Å². The molecule has 3 N–H and O–H groups in total. The molecule has 0 saturated heterocycles. The summed E-state index contributed by atoms with van der Waals surface area (Å²) in [7, 11) is 0. The Morgan fingerprint density at radius 1 is 1.36 bits per heavy atom. The van der Waals surface area contributed by atoms with Crippen molar-refractivity contribution in [3.8, 4) is 0 Å². The molecule has 0 atom stereocenters. The second kappa shape index (κ2) is 5.72. The lowest BCUT2D eigenvalue weighted by Gasteiger charge is -2.38. The van der Waals surface area contributed by atoms with Gasteiger partial charge in [0.2, 0.25) is 0 Å². The molecule has 0 aromatic carbocycles. The van der Waals surface area contributed by atoms with Crippen molar-refractivity contribution in [2.45, 2.75) is 46.0 Å². The van der Waals surface area contributed by atoms with Gasteiger partial charge in [-0.3, -0.25) is 0 Å². The van der Waals surface area contributed by atoms with E-state index < -0.39 is 0 Å². The van der Waals surface area contributed by atoms with Gasteiger partial charge in [-0.1, -0.05) is 26.7 Å². The van der Waals surface area contributed by atoms with Crippen molar-refractivity contribution in [3.05, 3.63) is 0 Å². The van der Waals surface area contributed by atoms with Crippen molar-refractivity contribution in [2.24, 2.45) is 17.1 Å². The molecule has 0 heterocycles. The first-order chi connectivity index (χ1) is 6.72. The molecule has 14 heavy (non-hydrogen) atoms. The first-order valence-electron chi connectivity index (χ1n) is 6.13. The summed E-state index contributed by atoms with van der Waals surface area (Å²) in [5.74, 6) is 0.917. The average Bonchev–Trinajstić information content (AvgIpc) is 2.22. The summed E-state index contributed by atoms with van der Waals surface area (Å²) >= 11 is 0. The Morgan fingerprint density at radius 3 is 2.50 bits per heavy atom. The third-order valence-corrected chi connectivity index (χ3v) is 3.69. The number of hydrogen-bond donors (Lipinski definition) is 2. The Kier molecular flexibility index (Phi) is 4.90. The van der Waals surface area contributed by atoms with Gasteiger partial charge >= 0.3 is 0 Å². The fourth-order valence-electron chi connectivity index (χ4n) is 2.36. The Morgan fingerprint density at radius 2 is 2.00 bits per heavy atom. The largest absolute Gasteiger partial charge is 0.330 e. The lowest BCUT2D eigenvalue weighted by atomic mass is 9.71. The second-order valence-electron chi connectivity index (χ2n) is 5.06. The monoisotopic (exact) mass is 198 g/mol. The molecule has 0 unspecified atom stereocenters. The van der Waals surface area contributed by atoms with E-state index in [2.05, 4.69) is 19.2 Å². The number of nitrogens with two attached hydrogens (primary N) is 1. The van der Waals surface area contributed by atoms with E-state index >= 15 is 0 Å². The zero-order chi connectivity index (χ0) is 10.4. The van der Waals surface area contributed by atoms with Crippen molar-refractivity contribution in [2.75, 3.05) is 19.6 Å². The van der Waals surface area contributed by atoms with Crippen molar-refractivity contribution in [1.29, 1.82) is 0 Å². The van der Waals surface area contributed by atoms with E-state index in [1.165, 1.54) is 32.1 Å². The van der Waals surface area contributed by atoms with E-state index in [0.717, 1.165) is 25.6 Å². The second-order valence-corrected chi connectivity index (χ2v) is 5.06. The van der Waals surface area contributed by atoms with Crippen LogP contribution in [0.2, 0.25) is 0 Å². The van der Waals surface area contributed by atoms with Crippen molar-refractivity contribution in [3.63, 3.8) is 0 Å². The van der Waals surface area contributed by atoms with E-state index in [-0.39, 0.29) is 0 Å². The van der Waals surface area contributed by atoms with Crippen LogP contribution in [-0.2, 0) is 0 Å². The van der Waals surface area contributed by atoms with E-state index in [1.807, 2.05) is 0 Å². The Balaban J connectivity index is 2.34. The molecule has 0 aromatic rings. The van der Waals surface area contributed by atoms with Gasteiger partial charge in [0.15, 0.2) is 0 Å². The third-order valence-electron chi connectivity index (χ3n) is 3.69. The highest BCUT2D eigenvalue weighted by Crippen LogP contribution is 2.37. The van der Waals surface area contributed by atoms with Crippen LogP contribution < -0.4 is 11.1 Å². The molecule has 0 spiro atoms. The predicted molar refractivity (Wildman–Crippen MR) is 62.3 cm³/mol. The van der Waals surface area contributed by atoms with E-state index in [9.17, 15) is 0 Å². The van der Waals surface area contributed by atoms with Crippen LogP contribution in [0, 0.1) is 11.3 Å². The molecular formula is C12H26N2. The maximum Gasteiger partial charge on any atom is 0.00199 e. The molecule has 1 rings (SSSR count). The first-order valence-corrected chi connectivity index (χ1v) is 6.13. The van der Waals surface area contributed by atoms with Gasteiger partial charge in [-0.25, -0.2) is 0 Å². The highest BCUT2D eigenvalue weighted by molar-refractivity contribution is 4.87. The van der Waals surface area contributed by atoms with Crippen LogP contribution >= 0.6 is 0 Å². The van der Waals surface area contributed by atoms with E-state index in [4.69, 9.17) is 5.73 Å². The molecule has 2 heteroatoms. The summed E-state index contributed by atoms with van der Waals surface area (Å²) in [6.07, 6.45) is 6.59. The van der Waals surface area contributed by atoms with Crippen LogP contribution in [0.15, 0.2) is 0 Å². The minimum absolute atomic E-state index is 0.418. The van der Waals surface area contributed by atoms with E-state index in [0.29, 0.717) is 5.41 Å². The van der Waals surface area contributed by atoms with Gasteiger partial charge in [0.25, 0.3) is 0 Å². The molecule has 0 aliphatic heterocycles. The van der Waals surface area contributed by atoms with Crippen LogP contribution in [0.5, 0.6) is 0 Å². The maximum absolute atomic E-state index is 5.93. The molecular weight excluding hydrogens is 172 g/mol. The lowest BCUT2D eigenvalue weighted by Crippen LogP contribution is -2.43. The van der Waals surface area contributed by atoms with Gasteiger partial charge in [0.1, 0.15) is 0 Å². The predicted octanol–water partition coefficient (Wildman–Crippen LogP) is 2.14. The van der Waals surface area contributed by atoms with Gasteiger partial charge in [0.05, 0.1) is 0 Å². The molecule has 0 radical (unpaired) electrons. The fourth-order valence-corrected chi connectivity index (χ4v) is 2.36. The van der Waals surface area contributed by atoms with Crippen LogP contribution in [0.1, 0.15) is 46.0 Å². The zero-order valence-corrected chi connectivity index (χ0v) is 9.81. The molecule has 0 amide bonds.